The molecule has 0 saturated carbocycles. The first-order valence-electron chi connectivity index (χ1n) is 7.68. The van der Waals surface area contributed by atoms with E-state index in [0.717, 1.165) is 18.5 Å². The second kappa shape index (κ2) is 8.13. The van der Waals surface area contributed by atoms with Crippen LogP contribution in [-0.4, -0.2) is 31.8 Å². The Labute approximate surface area is 145 Å². The lowest BCUT2D eigenvalue weighted by Crippen LogP contribution is -2.23. The van der Waals surface area contributed by atoms with Gasteiger partial charge in [0.1, 0.15) is 10.6 Å². The first-order chi connectivity index (χ1) is 11.9. The van der Waals surface area contributed by atoms with E-state index in [1.54, 1.807) is 6.07 Å². The lowest BCUT2D eigenvalue weighted by atomic mass is 10.1. The van der Waals surface area contributed by atoms with Crippen molar-refractivity contribution in [3.05, 3.63) is 41.3 Å². The minimum Gasteiger partial charge on any atom is -0.495 e. The smallest absolute Gasteiger partial charge is 0.307 e. The van der Waals surface area contributed by atoms with Gasteiger partial charge in [-0.15, -0.1) is 0 Å². The van der Waals surface area contributed by atoms with Crippen LogP contribution in [-0.2, 0) is 34.2 Å². The second-order valence-corrected chi connectivity index (χ2v) is 7.15. The predicted octanol–water partition coefficient (Wildman–Crippen LogP) is 1.74. The van der Waals surface area contributed by atoms with Crippen molar-refractivity contribution >= 4 is 16.0 Å². The van der Waals surface area contributed by atoms with Crippen LogP contribution in [0, 0.1) is 0 Å². The van der Waals surface area contributed by atoms with Crippen molar-refractivity contribution in [2.75, 3.05) is 7.11 Å². The third-order valence-corrected chi connectivity index (χ3v) is 4.85. The van der Waals surface area contributed by atoms with Crippen LogP contribution in [0.25, 0.3) is 0 Å². The number of benzene rings is 1. The van der Waals surface area contributed by atoms with E-state index < -0.39 is 16.0 Å². The molecule has 0 aliphatic heterocycles. The third-order valence-electron chi connectivity index (χ3n) is 3.42. The van der Waals surface area contributed by atoms with Crippen molar-refractivity contribution in [2.45, 2.75) is 37.6 Å². The molecule has 9 heteroatoms. The first kappa shape index (κ1) is 18.9. The Morgan fingerprint density at radius 1 is 1.36 bits per heavy atom. The average Bonchev–Trinajstić information content (AvgIpc) is 3.00. The minimum atomic E-state index is -3.92. The van der Waals surface area contributed by atoms with Crippen molar-refractivity contribution in [2.24, 2.45) is 0 Å². The van der Waals surface area contributed by atoms with Crippen molar-refractivity contribution < 1.29 is 27.6 Å². The molecule has 0 saturated heterocycles. The molecule has 1 aromatic heterocycles. The Balaban J connectivity index is 2.20. The van der Waals surface area contributed by atoms with Gasteiger partial charge in [0, 0.05) is 6.07 Å². The SMILES string of the molecule is CCCc1cc(CNS(=O)(=O)c2cc(CC(=O)O)ccc2OC)on1. The summed E-state index contributed by atoms with van der Waals surface area (Å²) in [6, 6.07) is 5.93. The molecule has 0 fully saturated rings. The summed E-state index contributed by atoms with van der Waals surface area (Å²) in [5.41, 5.74) is 1.12. The lowest BCUT2D eigenvalue weighted by Gasteiger charge is -2.11. The number of aromatic nitrogens is 1. The lowest BCUT2D eigenvalue weighted by molar-refractivity contribution is -0.136. The van der Waals surface area contributed by atoms with Crippen LogP contribution in [0.3, 0.4) is 0 Å². The quantitative estimate of drug-likeness (QED) is 0.692. The number of nitrogens with zero attached hydrogens (tertiary/aromatic N) is 1. The summed E-state index contributed by atoms with van der Waals surface area (Å²) in [7, 11) is -2.57. The fraction of sp³-hybridized carbons (Fsp3) is 0.375. The summed E-state index contributed by atoms with van der Waals surface area (Å²) in [4.78, 5) is 10.7. The van der Waals surface area contributed by atoms with Gasteiger partial charge in [0.2, 0.25) is 10.0 Å². The number of hydrogen-bond acceptors (Lipinski definition) is 6. The minimum absolute atomic E-state index is 0.0641. The van der Waals surface area contributed by atoms with Crippen molar-refractivity contribution in [3.8, 4) is 5.75 Å². The van der Waals surface area contributed by atoms with Crippen LogP contribution < -0.4 is 9.46 Å². The Hall–Kier alpha value is -2.39. The topological polar surface area (TPSA) is 119 Å². The highest BCUT2D eigenvalue weighted by molar-refractivity contribution is 7.89. The number of carboxylic acids is 1. The number of aryl methyl sites for hydroxylation is 1. The molecule has 1 heterocycles. The molecule has 0 atom stereocenters. The van der Waals surface area contributed by atoms with Gasteiger partial charge in [-0.05, 0) is 24.1 Å². The number of nitrogens with one attached hydrogen (secondary N) is 1. The third kappa shape index (κ3) is 5.04. The molecule has 2 N–H and O–H groups in total. The van der Waals surface area contributed by atoms with Crippen LogP contribution in [0.2, 0.25) is 0 Å². The molecule has 2 aromatic rings. The first-order valence-corrected chi connectivity index (χ1v) is 9.17. The van der Waals surface area contributed by atoms with E-state index in [-0.39, 0.29) is 23.6 Å². The maximum atomic E-state index is 12.6. The molecule has 0 unspecified atom stereocenters. The van der Waals surface area contributed by atoms with Gasteiger partial charge >= 0.3 is 5.97 Å². The molecule has 0 aliphatic rings. The fourth-order valence-electron chi connectivity index (χ4n) is 2.27. The van der Waals surface area contributed by atoms with Gasteiger partial charge < -0.3 is 14.4 Å². The van der Waals surface area contributed by atoms with E-state index in [2.05, 4.69) is 9.88 Å². The van der Waals surface area contributed by atoms with Crippen LogP contribution in [0.5, 0.6) is 5.75 Å². The molecule has 0 aliphatic carbocycles. The van der Waals surface area contributed by atoms with Gasteiger partial charge in [-0.1, -0.05) is 24.6 Å². The fourth-order valence-corrected chi connectivity index (χ4v) is 3.48. The molecule has 25 heavy (non-hydrogen) atoms. The van der Waals surface area contributed by atoms with Gasteiger partial charge in [-0.3, -0.25) is 4.79 Å². The molecule has 136 valence electrons. The molecule has 1 aromatic carbocycles. The number of rotatable bonds is 9. The van der Waals surface area contributed by atoms with Crippen LogP contribution in [0.4, 0.5) is 0 Å². The average molecular weight is 368 g/mol. The van der Waals surface area contributed by atoms with E-state index in [1.807, 2.05) is 6.92 Å². The Morgan fingerprint density at radius 3 is 2.76 bits per heavy atom. The number of ether oxygens (including phenoxy) is 1. The number of carboxylic acid groups (broad SMARTS) is 1. The Bertz CT molecular complexity index is 844. The van der Waals surface area contributed by atoms with Gasteiger partial charge in [0.05, 0.1) is 25.8 Å². The van der Waals surface area contributed by atoms with Gasteiger partial charge in [0.25, 0.3) is 0 Å². The van der Waals surface area contributed by atoms with E-state index in [1.165, 1.54) is 25.3 Å². The van der Waals surface area contributed by atoms with Crippen molar-refractivity contribution in [3.63, 3.8) is 0 Å². The summed E-state index contributed by atoms with van der Waals surface area (Å²) in [5, 5.41) is 12.7. The number of carbonyl (C=O) groups is 1. The van der Waals surface area contributed by atoms with Gasteiger partial charge in [0.15, 0.2) is 5.76 Å². The Kier molecular flexibility index (Phi) is 6.16. The molecule has 0 radical (unpaired) electrons. The number of hydrogen-bond donors (Lipinski definition) is 2. The number of aliphatic carboxylic acids is 1. The normalized spacial score (nSPS) is 11.4. The molecule has 2 rings (SSSR count). The summed E-state index contributed by atoms with van der Waals surface area (Å²) in [6.07, 6.45) is 1.38. The molecule has 0 bridgehead atoms. The maximum Gasteiger partial charge on any atom is 0.307 e. The summed E-state index contributed by atoms with van der Waals surface area (Å²) in [5.74, 6) is -0.523. The largest absolute Gasteiger partial charge is 0.495 e. The summed E-state index contributed by atoms with van der Waals surface area (Å²) >= 11 is 0. The highest BCUT2D eigenvalue weighted by Crippen LogP contribution is 2.25. The van der Waals surface area contributed by atoms with E-state index in [9.17, 15) is 13.2 Å². The second-order valence-electron chi connectivity index (χ2n) is 5.41. The van der Waals surface area contributed by atoms with Crippen LogP contribution in [0.1, 0.15) is 30.4 Å². The molecular formula is C16H20N2O6S. The predicted molar refractivity (Wildman–Crippen MR) is 88.9 cm³/mol. The highest BCUT2D eigenvalue weighted by Gasteiger charge is 2.21. The van der Waals surface area contributed by atoms with Crippen molar-refractivity contribution in [1.29, 1.82) is 0 Å². The maximum absolute atomic E-state index is 12.6. The van der Waals surface area contributed by atoms with Crippen LogP contribution >= 0.6 is 0 Å². The van der Waals surface area contributed by atoms with E-state index >= 15 is 0 Å². The standard InChI is InChI=1S/C16H20N2O6S/c1-3-4-12-9-13(24-18-12)10-17-25(21,22)15-7-11(8-16(19)20)5-6-14(15)23-2/h5-7,9,17H,3-4,8,10H2,1-2H3,(H,19,20). The van der Waals surface area contributed by atoms with Crippen LogP contribution in [0.15, 0.2) is 33.7 Å². The zero-order valence-corrected chi connectivity index (χ0v) is 14.8. The molecule has 0 spiro atoms. The summed E-state index contributed by atoms with van der Waals surface area (Å²) < 4.78 is 37.7. The molecule has 8 nitrogen and oxygen atoms in total. The summed E-state index contributed by atoms with van der Waals surface area (Å²) in [6.45, 7) is 1.94. The Morgan fingerprint density at radius 2 is 2.12 bits per heavy atom. The monoisotopic (exact) mass is 368 g/mol. The number of sulfonamides is 1. The van der Waals surface area contributed by atoms with E-state index in [0.29, 0.717) is 11.3 Å². The number of methoxy groups -OCH3 is 1. The van der Waals surface area contributed by atoms with Gasteiger partial charge in [-0.2, -0.15) is 0 Å². The van der Waals surface area contributed by atoms with Gasteiger partial charge in [-0.25, -0.2) is 13.1 Å². The molecule has 0 amide bonds. The van der Waals surface area contributed by atoms with Crippen molar-refractivity contribution in [1.82, 2.24) is 9.88 Å². The zero-order valence-electron chi connectivity index (χ0n) is 14.0. The van der Waals surface area contributed by atoms with E-state index in [4.69, 9.17) is 14.4 Å². The zero-order chi connectivity index (χ0) is 18.4. The molecular weight excluding hydrogens is 348 g/mol. The highest BCUT2D eigenvalue weighted by atomic mass is 32.2.